The van der Waals surface area contributed by atoms with Crippen LogP contribution in [0.5, 0.6) is 23.1 Å². The van der Waals surface area contributed by atoms with Gasteiger partial charge in [-0.3, -0.25) is 0 Å². The van der Waals surface area contributed by atoms with Gasteiger partial charge in [0, 0.05) is 6.07 Å². The second-order valence-corrected chi connectivity index (χ2v) is 5.74. The lowest BCUT2D eigenvalue weighted by Gasteiger charge is -2.13. The van der Waals surface area contributed by atoms with Crippen molar-refractivity contribution >= 4 is 22.5 Å². The minimum absolute atomic E-state index is 0.0579. The first-order chi connectivity index (χ1) is 13.5. The van der Waals surface area contributed by atoms with E-state index in [4.69, 9.17) is 25.8 Å². The topological polar surface area (TPSA) is 62.7 Å². The Bertz CT molecular complexity index is 975. The molecule has 10 heteroatoms. The molecule has 0 amide bonds. The highest BCUT2D eigenvalue weighted by atomic mass is 35.5. The summed E-state index contributed by atoms with van der Waals surface area (Å²) in [5.41, 5.74) is 0.445. The van der Waals surface area contributed by atoms with Gasteiger partial charge in [0.05, 0.1) is 29.6 Å². The van der Waals surface area contributed by atoms with Crippen molar-refractivity contribution in [3.8, 4) is 23.1 Å². The summed E-state index contributed by atoms with van der Waals surface area (Å²) in [5, 5.41) is 0.299. The number of halogens is 4. The van der Waals surface area contributed by atoms with Crippen LogP contribution >= 0.6 is 11.6 Å². The van der Waals surface area contributed by atoms with Gasteiger partial charge in [0.2, 0.25) is 5.88 Å². The third kappa shape index (κ3) is 4.55. The van der Waals surface area contributed by atoms with Gasteiger partial charge in [0.15, 0.2) is 23.1 Å². The van der Waals surface area contributed by atoms with Gasteiger partial charge in [0.25, 0.3) is 0 Å². The Morgan fingerprint density at radius 1 is 1.07 bits per heavy atom. The number of methoxy groups -OCH3 is 1. The fraction of sp³-hybridized carbons (Fsp3) is 0.222. The van der Waals surface area contributed by atoms with Gasteiger partial charge in [-0.2, -0.15) is 8.78 Å². The Hall–Kier alpha value is -2.78. The Kier molecular flexibility index (Phi) is 6.37. The van der Waals surface area contributed by atoms with Crippen molar-refractivity contribution < 1.29 is 32.1 Å². The van der Waals surface area contributed by atoms with E-state index in [9.17, 15) is 13.2 Å². The molecule has 0 N–H and O–H groups in total. The number of nitrogens with zero attached hydrogens (tertiary/aromatic N) is 2. The highest BCUT2D eigenvalue weighted by Crippen LogP contribution is 2.37. The lowest BCUT2D eigenvalue weighted by atomic mass is 10.2. The predicted octanol–water partition coefficient (Wildman–Crippen LogP) is 4.84. The highest BCUT2D eigenvalue weighted by molar-refractivity contribution is 6.30. The van der Waals surface area contributed by atoms with Gasteiger partial charge in [-0.15, -0.1) is 0 Å². The van der Waals surface area contributed by atoms with E-state index in [0.717, 1.165) is 0 Å². The predicted molar refractivity (Wildman–Crippen MR) is 95.0 cm³/mol. The zero-order chi connectivity index (χ0) is 20.1. The second-order valence-electron chi connectivity index (χ2n) is 5.33. The van der Waals surface area contributed by atoms with Crippen molar-refractivity contribution in [2.75, 3.05) is 20.3 Å². The maximum absolute atomic E-state index is 14.1. The van der Waals surface area contributed by atoms with Crippen LogP contribution in [-0.2, 0) is 4.74 Å². The fourth-order valence-electron chi connectivity index (χ4n) is 2.35. The van der Waals surface area contributed by atoms with E-state index in [1.54, 1.807) is 6.07 Å². The van der Waals surface area contributed by atoms with E-state index >= 15 is 0 Å². The average molecular weight is 415 g/mol. The third-order valence-electron chi connectivity index (χ3n) is 3.59. The summed E-state index contributed by atoms with van der Waals surface area (Å²) in [6.07, 6.45) is 1.25. The van der Waals surface area contributed by atoms with Gasteiger partial charge in [0.1, 0.15) is 12.9 Å². The van der Waals surface area contributed by atoms with E-state index in [2.05, 4.69) is 14.7 Å². The Labute approximate surface area is 162 Å². The fourth-order valence-corrected chi connectivity index (χ4v) is 2.52. The van der Waals surface area contributed by atoms with Crippen molar-refractivity contribution in [3.63, 3.8) is 0 Å². The van der Waals surface area contributed by atoms with Crippen LogP contribution in [0.3, 0.4) is 0 Å². The molecule has 148 valence electrons. The summed E-state index contributed by atoms with van der Waals surface area (Å²) in [4.78, 5) is 8.15. The summed E-state index contributed by atoms with van der Waals surface area (Å²) in [6.45, 7) is -3.34. The molecule has 28 heavy (non-hydrogen) atoms. The molecular formula is C18H14ClF3N2O4. The molecule has 0 radical (unpaired) electrons. The van der Waals surface area contributed by atoms with E-state index in [1.165, 1.54) is 37.7 Å². The molecule has 3 rings (SSSR count). The molecule has 0 spiro atoms. The molecule has 0 aliphatic carbocycles. The monoisotopic (exact) mass is 414 g/mol. The van der Waals surface area contributed by atoms with Crippen molar-refractivity contribution in [1.82, 2.24) is 9.97 Å². The molecule has 0 atom stereocenters. The van der Waals surface area contributed by atoms with E-state index in [0.29, 0.717) is 16.7 Å². The molecule has 0 aliphatic rings. The SMILES string of the molecule is COc1cc2ncnc(Oc3cccc(Cl)c3F)c2cc1OCCOC(F)F. The van der Waals surface area contributed by atoms with E-state index in [1.807, 2.05) is 0 Å². The molecule has 0 saturated heterocycles. The van der Waals surface area contributed by atoms with Gasteiger partial charge in [-0.25, -0.2) is 14.4 Å². The van der Waals surface area contributed by atoms with Crippen LogP contribution in [0, 0.1) is 5.82 Å². The molecular weight excluding hydrogens is 401 g/mol. The van der Waals surface area contributed by atoms with Crippen LogP contribution in [0.25, 0.3) is 10.9 Å². The minimum atomic E-state index is -2.89. The maximum Gasteiger partial charge on any atom is 0.345 e. The summed E-state index contributed by atoms with van der Waals surface area (Å²) in [6, 6.07) is 7.39. The standard InChI is InChI=1S/C18H14ClF3N2O4/c1-25-14-8-12-10(7-15(14)26-5-6-27-18(21)22)17(24-9-23-12)28-13-4-2-3-11(19)16(13)20/h2-4,7-9,18H,5-6H2,1H3. The van der Waals surface area contributed by atoms with Crippen LogP contribution in [0.1, 0.15) is 0 Å². The third-order valence-corrected chi connectivity index (χ3v) is 3.88. The number of hydrogen-bond donors (Lipinski definition) is 0. The van der Waals surface area contributed by atoms with Gasteiger partial charge in [-0.1, -0.05) is 17.7 Å². The highest BCUT2D eigenvalue weighted by Gasteiger charge is 2.15. The molecule has 1 aromatic heterocycles. The molecule has 1 heterocycles. The zero-order valence-electron chi connectivity index (χ0n) is 14.5. The van der Waals surface area contributed by atoms with E-state index in [-0.39, 0.29) is 35.6 Å². The number of benzene rings is 2. The van der Waals surface area contributed by atoms with Crippen LogP contribution in [0.2, 0.25) is 5.02 Å². The first-order valence-corrected chi connectivity index (χ1v) is 8.34. The lowest BCUT2D eigenvalue weighted by molar-refractivity contribution is -0.133. The Morgan fingerprint density at radius 3 is 2.64 bits per heavy atom. The summed E-state index contributed by atoms with van der Waals surface area (Å²) in [7, 11) is 1.42. The number of aromatic nitrogens is 2. The molecule has 2 aromatic carbocycles. The van der Waals surface area contributed by atoms with Crippen LogP contribution < -0.4 is 14.2 Å². The first kappa shape index (κ1) is 20.0. The first-order valence-electron chi connectivity index (χ1n) is 7.96. The zero-order valence-corrected chi connectivity index (χ0v) is 15.3. The number of rotatable bonds is 8. The van der Waals surface area contributed by atoms with E-state index < -0.39 is 12.4 Å². The van der Waals surface area contributed by atoms with Crippen LogP contribution in [-0.4, -0.2) is 36.9 Å². The van der Waals surface area contributed by atoms with Crippen molar-refractivity contribution in [2.45, 2.75) is 6.61 Å². The average Bonchev–Trinajstić information content (AvgIpc) is 2.68. The quantitative estimate of drug-likeness (QED) is 0.491. The number of ether oxygens (including phenoxy) is 4. The molecule has 0 bridgehead atoms. The van der Waals surface area contributed by atoms with Gasteiger partial charge in [-0.05, 0) is 18.2 Å². The molecule has 0 saturated carbocycles. The van der Waals surface area contributed by atoms with Crippen LogP contribution in [0.4, 0.5) is 13.2 Å². The smallest absolute Gasteiger partial charge is 0.345 e. The molecule has 6 nitrogen and oxygen atoms in total. The van der Waals surface area contributed by atoms with Crippen molar-refractivity contribution in [2.24, 2.45) is 0 Å². The second kappa shape index (κ2) is 8.94. The van der Waals surface area contributed by atoms with Gasteiger partial charge >= 0.3 is 6.61 Å². The number of fused-ring (bicyclic) bond motifs is 1. The van der Waals surface area contributed by atoms with Crippen molar-refractivity contribution in [3.05, 3.63) is 47.5 Å². The lowest BCUT2D eigenvalue weighted by Crippen LogP contribution is -2.10. The molecule has 0 unspecified atom stereocenters. The summed E-state index contributed by atoms with van der Waals surface area (Å²) < 4.78 is 58.6. The summed E-state index contributed by atoms with van der Waals surface area (Å²) >= 11 is 5.77. The maximum atomic E-state index is 14.1. The number of hydrogen-bond acceptors (Lipinski definition) is 6. The minimum Gasteiger partial charge on any atom is -0.493 e. The van der Waals surface area contributed by atoms with Crippen molar-refractivity contribution in [1.29, 1.82) is 0 Å². The molecule has 0 aliphatic heterocycles. The Morgan fingerprint density at radius 2 is 1.89 bits per heavy atom. The normalized spacial score (nSPS) is 11.1. The van der Waals surface area contributed by atoms with Crippen LogP contribution in [0.15, 0.2) is 36.7 Å². The molecule has 3 aromatic rings. The summed E-state index contributed by atoms with van der Waals surface area (Å²) in [5.74, 6) is -0.231. The molecule has 0 fully saturated rings. The largest absolute Gasteiger partial charge is 0.493 e. The van der Waals surface area contributed by atoms with Gasteiger partial charge < -0.3 is 18.9 Å². The number of alkyl halides is 2. The Balaban J connectivity index is 1.93.